The SMILES string of the molecule is NSc1cc(Br)ccc1C(N)=O. The van der Waals surface area contributed by atoms with Gasteiger partial charge in [0.1, 0.15) is 0 Å². The third-order valence-electron chi connectivity index (χ3n) is 1.34. The van der Waals surface area contributed by atoms with Gasteiger partial charge in [0.2, 0.25) is 5.91 Å². The Balaban J connectivity index is 3.20. The van der Waals surface area contributed by atoms with Gasteiger partial charge in [0.15, 0.2) is 0 Å². The molecule has 0 fully saturated rings. The van der Waals surface area contributed by atoms with Gasteiger partial charge < -0.3 is 5.73 Å². The molecule has 0 atom stereocenters. The number of hydrogen-bond acceptors (Lipinski definition) is 3. The first-order valence-corrected chi connectivity index (χ1v) is 4.78. The van der Waals surface area contributed by atoms with Crippen LogP contribution in [0.5, 0.6) is 0 Å². The van der Waals surface area contributed by atoms with E-state index in [1.165, 1.54) is 0 Å². The van der Waals surface area contributed by atoms with Crippen LogP contribution in [-0.4, -0.2) is 5.91 Å². The van der Waals surface area contributed by atoms with E-state index in [9.17, 15) is 4.79 Å². The van der Waals surface area contributed by atoms with Gasteiger partial charge in [-0.25, -0.2) is 0 Å². The Morgan fingerprint density at radius 3 is 2.67 bits per heavy atom. The summed E-state index contributed by atoms with van der Waals surface area (Å²) in [7, 11) is 0. The molecule has 0 radical (unpaired) electrons. The molecule has 1 aromatic carbocycles. The Bertz CT molecular complexity index is 316. The quantitative estimate of drug-likeness (QED) is 0.778. The van der Waals surface area contributed by atoms with Crippen molar-refractivity contribution in [1.29, 1.82) is 0 Å². The minimum atomic E-state index is -0.463. The van der Waals surface area contributed by atoms with Crippen LogP contribution in [0.1, 0.15) is 10.4 Å². The zero-order valence-corrected chi connectivity index (χ0v) is 8.48. The highest BCUT2D eigenvalue weighted by atomic mass is 79.9. The van der Waals surface area contributed by atoms with Crippen molar-refractivity contribution in [1.82, 2.24) is 0 Å². The lowest BCUT2D eigenvalue weighted by Crippen LogP contribution is -2.12. The van der Waals surface area contributed by atoms with Gasteiger partial charge >= 0.3 is 0 Å². The number of hydrogen-bond donors (Lipinski definition) is 2. The number of rotatable bonds is 2. The van der Waals surface area contributed by atoms with Gasteiger partial charge in [0.25, 0.3) is 0 Å². The molecule has 0 aliphatic heterocycles. The Hall–Kier alpha value is -0.520. The standard InChI is InChI=1S/C7H7BrN2OS/c8-4-1-2-5(7(9)11)6(3-4)12-10/h1-3H,10H2,(H2,9,11). The lowest BCUT2D eigenvalue weighted by atomic mass is 10.2. The Kier molecular flexibility index (Phi) is 3.13. The first kappa shape index (κ1) is 9.57. The zero-order chi connectivity index (χ0) is 9.14. The van der Waals surface area contributed by atoms with Gasteiger partial charge in [-0.1, -0.05) is 15.9 Å². The van der Waals surface area contributed by atoms with Crippen LogP contribution in [0.2, 0.25) is 0 Å². The number of halogens is 1. The highest BCUT2D eigenvalue weighted by molar-refractivity contribution is 9.10. The Morgan fingerprint density at radius 2 is 2.17 bits per heavy atom. The van der Waals surface area contributed by atoms with Crippen molar-refractivity contribution in [2.75, 3.05) is 0 Å². The van der Waals surface area contributed by atoms with Crippen LogP contribution in [-0.2, 0) is 0 Å². The summed E-state index contributed by atoms with van der Waals surface area (Å²) in [4.78, 5) is 11.5. The molecule has 0 saturated carbocycles. The average molecular weight is 247 g/mol. The van der Waals surface area contributed by atoms with Crippen LogP contribution in [0, 0.1) is 0 Å². The second-order valence-electron chi connectivity index (χ2n) is 2.12. The number of carbonyl (C=O) groups excluding carboxylic acids is 1. The number of amides is 1. The molecule has 0 aliphatic carbocycles. The maximum Gasteiger partial charge on any atom is 0.249 e. The van der Waals surface area contributed by atoms with Gasteiger partial charge in [-0.05, 0) is 30.1 Å². The molecule has 3 nitrogen and oxygen atoms in total. The maximum atomic E-state index is 10.8. The first-order valence-electron chi connectivity index (χ1n) is 3.11. The zero-order valence-electron chi connectivity index (χ0n) is 6.08. The number of benzene rings is 1. The third-order valence-corrected chi connectivity index (χ3v) is 2.42. The van der Waals surface area contributed by atoms with Gasteiger partial charge in [-0.2, -0.15) is 0 Å². The normalized spacial score (nSPS) is 9.83. The van der Waals surface area contributed by atoms with Crippen molar-refractivity contribution in [2.45, 2.75) is 4.90 Å². The Morgan fingerprint density at radius 1 is 1.50 bits per heavy atom. The Labute approximate surface area is 82.8 Å². The first-order chi connectivity index (χ1) is 5.65. The minimum Gasteiger partial charge on any atom is -0.366 e. The molecule has 12 heavy (non-hydrogen) atoms. The molecule has 5 heteroatoms. The van der Waals surface area contributed by atoms with Crippen molar-refractivity contribution in [3.8, 4) is 0 Å². The summed E-state index contributed by atoms with van der Waals surface area (Å²) < 4.78 is 0.875. The predicted molar refractivity (Wildman–Crippen MR) is 52.7 cm³/mol. The summed E-state index contributed by atoms with van der Waals surface area (Å²) in [5.74, 6) is -0.463. The highest BCUT2D eigenvalue weighted by Crippen LogP contribution is 2.22. The second-order valence-corrected chi connectivity index (χ2v) is 3.71. The van der Waals surface area contributed by atoms with E-state index in [2.05, 4.69) is 15.9 Å². The fraction of sp³-hybridized carbons (Fsp3) is 0. The van der Waals surface area contributed by atoms with E-state index in [-0.39, 0.29) is 0 Å². The number of carbonyl (C=O) groups is 1. The fourth-order valence-electron chi connectivity index (χ4n) is 0.797. The van der Waals surface area contributed by atoms with Gasteiger partial charge in [0, 0.05) is 9.37 Å². The number of primary amides is 1. The summed E-state index contributed by atoms with van der Waals surface area (Å²) >= 11 is 4.27. The molecule has 1 amide bonds. The third kappa shape index (κ3) is 2.00. The molecule has 0 unspecified atom stereocenters. The summed E-state index contributed by atoms with van der Waals surface area (Å²) in [5, 5.41) is 5.35. The smallest absolute Gasteiger partial charge is 0.249 e. The van der Waals surface area contributed by atoms with E-state index in [1.807, 2.05) is 0 Å². The topological polar surface area (TPSA) is 69.1 Å². The largest absolute Gasteiger partial charge is 0.366 e. The average Bonchev–Trinajstić information content (AvgIpc) is 2.03. The number of nitrogens with two attached hydrogens (primary N) is 2. The minimum absolute atomic E-state index is 0.450. The monoisotopic (exact) mass is 246 g/mol. The van der Waals surface area contributed by atoms with Crippen molar-refractivity contribution in [3.63, 3.8) is 0 Å². The molecule has 0 saturated heterocycles. The molecule has 0 heterocycles. The summed E-state index contributed by atoms with van der Waals surface area (Å²) in [6.45, 7) is 0. The van der Waals surface area contributed by atoms with Crippen LogP contribution in [0.25, 0.3) is 0 Å². The summed E-state index contributed by atoms with van der Waals surface area (Å²) in [6, 6.07) is 5.15. The van der Waals surface area contributed by atoms with Crippen LogP contribution in [0.4, 0.5) is 0 Å². The lowest BCUT2D eigenvalue weighted by Gasteiger charge is -2.02. The second kappa shape index (κ2) is 3.93. The van der Waals surface area contributed by atoms with Crippen LogP contribution < -0.4 is 10.9 Å². The summed E-state index contributed by atoms with van der Waals surface area (Å²) in [6.07, 6.45) is 0. The van der Waals surface area contributed by atoms with Gasteiger partial charge in [0.05, 0.1) is 5.56 Å². The van der Waals surface area contributed by atoms with E-state index >= 15 is 0 Å². The fourth-order valence-corrected chi connectivity index (χ4v) is 1.80. The molecule has 0 aliphatic rings. The highest BCUT2D eigenvalue weighted by Gasteiger charge is 2.07. The summed E-state index contributed by atoms with van der Waals surface area (Å²) in [5.41, 5.74) is 5.57. The van der Waals surface area contributed by atoms with Crippen LogP contribution >= 0.6 is 27.9 Å². The maximum absolute atomic E-state index is 10.8. The van der Waals surface area contributed by atoms with E-state index in [0.29, 0.717) is 10.5 Å². The molecule has 64 valence electrons. The van der Waals surface area contributed by atoms with E-state index < -0.39 is 5.91 Å². The van der Waals surface area contributed by atoms with Crippen molar-refractivity contribution < 1.29 is 4.79 Å². The van der Waals surface area contributed by atoms with Crippen LogP contribution in [0.3, 0.4) is 0 Å². The molecule has 4 N–H and O–H groups in total. The van der Waals surface area contributed by atoms with Crippen LogP contribution in [0.15, 0.2) is 27.6 Å². The molecule has 0 bridgehead atoms. The molecular weight excluding hydrogens is 240 g/mol. The van der Waals surface area contributed by atoms with E-state index in [1.54, 1.807) is 18.2 Å². The van der Waals surface area contributed by atoms with Crippen molar-refractivity contribution in [3.05, 3.63) is 28.2 Å². The lowest BCUT2D eigenvalue weighted by molar-refractivity contribution is 0.0997. The van der Waals surface area contributed by atoms with Crippen molar-refractivity contribution >= 4 is 33.8 Å². The molecular formula is C7H7BrN2OS. The molecule has 0 aromatic heterocycles. The van der Waals surface area contributed by atoms with E-state index in [0.717, 1.165) is 16.4 Å². The van der Waals surface area contributed by atoms with E-state index in [4.69, 9.17) is 10.9 Å². The predicted octanol–water partition coefficient (Wildman–Crippen LogP) is 1.51. The molecule has 1 rings (SSSR count). The van der Waals surface area contributed by atoms with Gasteiger partial charge in [-0.3, -0.25) is 9.93 Å². The molecule has 0 spiro atoms. The van der Waals surface area contributed by atoms with Crippen molar-refractivity contribution in [2.24, 2.45) is 10.9 Å². The molecule has 1 aromatic rings. The van der Waals surface area contributed by atoms with Gasteiger partial charge in [-0.15, -0.1) is 0 Å².